The second-order valence-electron chi connectivity index (χ2n) is 10.8. The minimum atomic E-state index is 0.987. The van der Waals surface area contributed by atoms with Crippen LogP contribution in [0.4, 0.5) is 0 Å². The zero-order valence-electron chi connectivity index (χ0n) is 24.2. The predicted molar refractivity (Wildman–Crippen MR) is 180 cm³/mol. The fraction of sp³-hybridized carbons (Fsp3) is 0.0750. The first-order chi connectivity index (χ1) is 20.6. The first-order valence-electron chi connectivity index (χ1n) is 14.5. The molecule has 202 valence electrons. The molecule has 0 aliphatic heterocycles. The van der Waals surface area contributed by atoms with Crippen LogP contribution in [0.5, 0.6) is 0 Å². The second-order valence-corrected chi connectivity index (χ2v) is 10.8. The zero-order chi connectivity index (χ0) is 28.6. The lowest BCUT2D eigenvalue weighted by molar-refractivity contribution is 1.00. The van der Waals surface area contributed by atoms with Gasteiger partial charge in [0.15, 0.2) is 0 Å². The molecule has 0 bridgehead atoms. The van der Waals surface area contributed by atoms with Crippen molar-refractivity contribution in [3.05, 3.63) is 156 Å². The molecule has 0 saturated carbocycles. The summed E-state index contributed by atoms with van der Waals surface area (Å²) >= 11 is 0. The second kappa shape index (κ2) is 10.6. The maximum Gasteiger partial charge on any atom is 0.111 e. The van der Waals surface area contributed by atoms with Gasteiger partial charge in [-0.05, 0) is 106 Å². The van der Waals surface area contributed by atoms with Gasteiger partial charge in [-0.3, -0.25) is 4.57 Å². The van der Waals surface area contributed by atoms with Crippen molar-refractivity contribution in [1.29, 1.82) is 0 Å². The van der Waals surface area contributed by atoms with E-state index in [1.165, 1.54) is 54.9 Å². The molecule has 7 rings (SSSR count). The highest BCUT2D eigenvalue weighted by Gasteiger charge is 2.17. The van der Waals surface area contributed by atoms with E-state index in [2.05, 4.69) is 159 Å². The van der Waals surface area contributed by atoms with Crippen molar-refractivity contribution >= 4 is 44.2 Å². The van der Waals surface area contributed by atoms with E-state index >= 15 is 0 Å². The summed E-state index contributed by atoms with van der Waals surface area (Å²) in [5, 5.41) is 5.01. The number of hydrogen-bond acceptors (Lipinski definition) is 1. The van der Waals surface area contributed by atoms with Crippen LogP contribution in [0.15, 0.2) is 133 Å². The molecular weight excluding hydrogens is 508 g/mol. The predicted octanol–water partition coefficient (Wildman–Crippen LogP) is 10.7. The van der Waals surface area contributed by atoms with Crippen LogP contribution in [0.2, 0.25) is 0 Å². The van der Waals surface area contributed by atoms with Crippen LogP contribution < -0.4 is 0 Å². The molecule has 0 N–H and O–H groups in total. The Morgan fingerprint density at radius 1 is 0.643 bits per heavy atom. The Hall–Kier alpha value is -5.21. The van der Waals surface area contributed by atoms with Gasteiger partial charge in [-0.2, -0.15) is 0 Å². The van der Waals surface area contributed by atoms with Gasteiger partial charge >= 0.3 is 0 Å². The Kier molecular flexibility index (Phi) is 6.52. The molecule has 2 heteroatoms. The molecular formula is C40H32N2. The number of nitrogens with zero attached hydrogens (tertiary/aromatic N) is 2. The lowest BCUT2D eigenvalue weighted by Gasteiger charge is -2.19. The van der Waals surface area contributed by atoms with Crippen molar-refractivity contribution in [2.75, 3.05) is 0 Å². The molecule has 2 nitrogen and oxygen atoms in total. The van der Waals surface area contributed by atoms with E-state index in [1.54, 1.807) is 0 Å². The number of benzene rings is 6. The number of rotatable bonds is 5. The topological polar surface area (TPSA) is 17.8 Å². The van der Waals surface area contributed by atoms with Crippen LogP contribution in [0.25, 0.3) is 61.0 Å². The van der Waals surface area contributed by atoms with Gasteiger partial charge in [0.2, 0.25) is 0 Å². The molecule has 0 fully saturated rings. The molecule has 0 saturated heterocycles. The number of para-hydroxylation sites is 2. The fourth-order valence-electron chi connectivity index (χ4n) is 6.30. The molecule has 7 aromatic rings. The van der Waals surface area contributed by atoms with Crippen molar-refractivity contribution in [1.82, 2.24) is 9.55 Å². The Morgan fingerprint density at radius 2 is 1.24 bits per heavy atom. The van der Waals surface area contributed by atoms with Gasteiger partial charge < -0.3 is 0 Å². The summed E-state index contributed by atoms with van der Waals surface area (Å²) < 4.78 is 2.23. The average Bonchev–Trinajstić information content (AvgIpc) is 3.36. The first kappa shape index (κ1) is 25.7. The quantitative estimate of drug-likeness (QED) is 0.121. The van der Waals surface area contributed by atoms with Gasteiger partial charge in [0.25, 0.3) is 0 Å². The Bertz CT molecular complexity index is 2100. The summed E-state index contributed by atoms with van der Waals surface area (Å²) in [6.07, 6.45) is 6.71. The summed E-state index contributed by atoms with van der Waals surface area (Å²) in [7, 11) is 0. The third-order valence-electron chi connectivity index (χ3n) is 8.21. The molecule has 0 unspecified atom stereocenters. The van der Waals surface area contributed by atoms with E-state index in [1.807, 2.05) is 6.07 Å². The molecule has 0 aliphatic carbocycles. The highest BCUT2D eigenvalue weighted by molar-refractivity contribution is 6.20. The lowest BCUT2D eigenvalue weighted by atomic mass is 9.85. The molecule has 1 heterocycles. The van der Waals surface area contributed by atoms with Crippen molar-refractivity contribution < 1.29 is 0 Å². The first-order valence-corrected chi connectivity index (χ1v) is 14.5. The molecule has 0 radical (unpaired) electrons. The lowest BCUT2D eigenvalue weighted by Crippen LogP contribution is -1.97. The molecule has 0 spiro atoms. The summed E-state index contributed by atoms with van der Waals surface area (Å²) in [6.45, 7) is 6.34. The summed E-state index contributed by atoms with van der Waals surface area (Å²) in [4.78, 5) is 4.78. The van der Waals surface area contributed by atoms with Gasteiger partial charge in [0.1, 0.15) is 5.82 Å². The zero-order valence-corrected chi connectivity index (χ0v) is 24.2. The SMILES string of the molecule is C/C=C\C(=C/c1ccccc1C)c1c2ccccc2c(-c2ccc(-n3c(C)nc4ccccc43)cc2)c2ccccc12. The Balaban J connectivity index is 1.47. The van der Waals surface area contributed by atoms with E-state index in [-0.39, 0.29) is 0 Å². The average molecular weight is 541 g/mol. The highest BCUT2D eigenvalue weighted by atomic mass is 15.1. The normalized spacial score (nSPS) is 12.2. The number of imidazole rings is 1. The van der Waals surface area contributed by atoms with Crippen LogP contribution in [0.1, 0.15) is 29.4 Å². The van der Waals surface area contributed by atoms with Crippen LogP contribution in [0, 0.1) is 13.8 Å². The van der Waals surface area contributed by atoms with Crippen LogP contribution in [-0.4, -0.2) is 9.55 Å². The van der Waals surface area contributed by atoms with Crippen molar-refractivity contribution in [2.45, 2.75) is 20.8 Å². The van der Waals surface area contributed by atoms with Crippen molar-refractivity contribution in [3.63, 3.8) is 0 Å². The number of fused-ring (bicyclic) bond motifs is 3. The van der Waals surface area contributed by atoms with Crippen LogP contribution in [0.3, 0.4) is 0 Å². The number of hydrogen-bond donors (Lipinski definition) is 0. The van der Waals surface area contributed by atoms with Gasteiger partial charge in [0.05, 0.1) is 11.0 Å². The van der Waals surface area contributed by atoms with Crippen molar-refractivity contribution in [3.8, 4) is 16.8 Å². The smallest absolute Gasteiger partial charge is 0.111 e. The third kappa shape index (κ3) is 4.33. The summed E-state index contributed by atoms with van der Waals surface area (Å²) in [5.41, 5.74) is 10.7. The number of allylic oxidation sites excluding steroid dienone is 3. The molecule has 0 atom stereocenters. The van der Waals surface area contributed by atoms with E-state index in [9.17, 15) is 0 Å². The number of aryl methyl sites for hydroxylation is 2. The van der Waals surface area contributed by atoms with Gasteiger partial charge in [-0.15, -0.1) is 0 Å². The molecule has 42 heavy (non-hydrogen) atoms. The largest absolute Gasteiger partial charge is 0.297 e. The van der Waals surface area contributed by atoms with E-state index in [0.717, 1.165) is 22.5 Å². The van der Waals surface area contributed by atoms with Gasteiger partial charge in [0, 0.05) is 5.69 Å². The molecule has 0 amide bonds. The standard InChI is InChI=1S/C40H32N2/c1-4-13-31(26-30-15-6-5-14-27(30)2)40-35-18-9-7-16-33(35)39(34-17-8-10-19-36(34)40)29-22-24-32(25-23-29)42-28(3)41-37-20-11-12-21-38(37)42/h4-26H,1-3H3/b13-4-,31-26+. The minimum Gasteiger partial charge on any atom is -0.297 e. The van der Waals surface area contributed by atoms with Gasteiger partial charge in [-0.25, -0.2) is 4.98 Å². The Labute approximate surface area is 246 Å². The summed E-state index contributed by atoms with van der Waals surface area (Å²) in [6, 6.07) is 43.6. The molecule has 0 aliphatic rings. The third-order valence-corrected chi connectivity index (χ3v) is 8.21. The molecule has 1 aromatic heterocycles. The monoisotopic (exact) mass is 540 g/mol. The van der Waals surface area contributed by atoms with Crippen molar-refractivity contribution in [2.24, 2.45) is 0 Å². The molecule has 6 aromatic carbocycles. The fourth-order valence-corrected chi connectivity index (χ4v) is 6.30. The van der Waals surface area contributed by atoms with Crippen LogP contribution >= 0.6 is 0 Å². The highest BCUT2D eigenvalue weighted by Crippen LogP contribution is 2.43. The van der Waals surface area contributed by atoms with E-state index in [0.29, 0.717) is 0 Å². The summed E-state index contributed by atoms with van der Waals surface area (Å²) in [5.74, 6) is 0.987. The maximum atomic E-state index is 4.78. The van der Waals surface area contributed by atoms with Gasteiger partial charge in [-0.1, -0.05) is 109 Å². The maximum absolute atomic E-state index is 4.78. The minimum absolute atomic E-state index is 0.987. The van der Waals surface area contributed by atoms with Crippen LogP contribution in [-0.2, 0) is 0 Å². The Morgan fingerprint density at radius 3 is 1.90 bits per heavy atom. The van der Waals surface area contributed by atoms with E-state index < -0.39 is 0 Å². The number of aromatic nitrogens is 2. The van der Waals surface area contributed by atoms with E-state index in [4.69, 9.17) is 4.98 Å².